The molecule has 2 N–H and O–H groups in total. The topological polar surface area (TPSA) is 102 Å². The number of hydrogen-bond acceptors (Lipinski definition) is 7. The Hall–Kier alpha value is -4.70. The molecule has 3 heterocycles. The molecule has 2 aliphatic heterocycles. The van der Waals surface area contributed by atoms with Gasteiger partial charge in [0.2, 0.25) is 5.88 Å². The summed E-state index contributed by atoms with van der Waals surface area (Å²) < 4.78 is 30.2. The van der Waals surface area contributed by atoms with Crippen LogP contribution in [0.25, 0.3) is 10.9 Å². The largest absolute Gasteiger partial charge is 0.486 e. The molecule has 42 heavy (non-hydrogen) atoms. The van der Waals surface area contributed by atoms with Gasteiger partial charge < -0.3 is 24.8 Å². The van der Waals surface area contributed by atoms with Crippen LogP contribution >= 0.6 is 0 Å². The molecule has 10 heteroatoms. The molecule has 1 fully saturated rings. The Morgan fingerprint density at radius 2 is 1.74 bits per heavy atom. The Bertz CT molecular complexity index is 1650. The molecule has 2 aliphatic rings. The molecule has 6 rings (SSSR count). The Morgan fingerprint density at radius 3 is 2.57 bits per heavy atom. The van der Waals surface area contributed by atoms with Gasteiger partial charge in [0.25, 0.3) is 11.8 Å². The summed E-state index contributed by atoms with van der Waals surface area (Å²) in [6, 6.07) is 19.3. The summed E-state index contributed by atoms with van der Waals surface area (Å²) in [5, 5.41) is 6.63. The lowest BCUT2D eigenvalue weighted by Crippen LogP contribution is -2.26. The van der Waals surface area contributed by atoms with Crippen molar-refractivity contribution in [1.29, 1.82) is 0 Å². The van der Waals surface area contributed by atoms with E-state index in [1.165, 1.54) is 0 Å². The third-order valence-electron chi connectivity index (χ3n) is 7.35. The monoisotopic (exact) mass is 570 g/mol. The number of halogens is 1. The molecule has 2 amide bonds. The number of benzene rings is 3. The maximum absolute atomic E-state index is 13.3. The Balaban J connectivity index is 1.09. The van der Waals surface area contributed by atoms with E-state index in [2.05, 4.69) is 15.6 Å². The number of pyridine rings is 1. The predicted molar refractivity (Wildman–Crippen MR) is 158 cm³/mol. The van der Waals surface area contributed by atoms with Crippen molar-refractivity contribution < 1.29 is 28.2 Å². The van der Waals surface area contributed by atoms with Gasteiger partial charge in [-0.1, -0.05) is 6.07 Å². The molecule has 4 aromatic rings. The second-order valence-electron chi connectivity index (χ2n) is 10.4. The number of carbonyl (C=O) groups is 2. The molecule has 1 saturated heterocycles. The van der Waals surface area contributed by atoms with E-state index < -0.39 is 6.17 Å². The molecule has 3 aromatic carbocycles. The van der Waals surface area contributed by atoms with Crippen molar-refractivity contribution in [2.24, 2.45) is 0 Å². The Morgan fingerprint density at radius 1 is 0.952 bits per heavy atom. The quantitative estimate of drug-likeness (QED) is 0.299. The smallest absolute Gasteiger partial charge is 0.255 e. The molecule has 0 saturated carbocycles. The fourth-order valence-electron chi connectivity index (χ4n) is 5.01. The number of carbonyl (C=O) groups excluding carboxylic acids is 2. The number of nitrogens with zero attached hydrogens (tertiary/aromatic N) is 2. The van der Waals surface area contributed by atoms with Gasteiger partial charge in [-0.15, -0.1) is 0 Å². The highest BCUT2D eigenvalue weighted by atomic mass is 19.1. The second kappa shape index (κ2) is 12.0. The number of nitrogens with one attached hydrogen (secondary N) is 2. The molecule has 1 aromatic heterocycles. The van der Waals surface area contributed by atoms with Crippen molar-refractivity contribution in [2.75, 3.05) is 50.1 Å². The number of anilines is 2. The van der Waals surface area contributed by atoms with Crippen LogP contribution < -0.4 is 24.8 Å². The summed E-state index contributed by atoms with van der Waals surface area (Å²) in [4.78, 5) is 32.6. The van der Waals surface area contributed by atoms with E-state index in [0.717, 1.165) is 17.5 Å². The molecule has 0 aliphatic carbocycles. The zero-order valence-electron chi connectivity index (χ0n) is 23.2. The number of aryl methyl sites for hydroxylation is 1. The molecule has 216 valence electrons. The normalized spacial score (nSPS) is 16.3. The fraction of sp³-hybridized carbons (Fsp3) is 0.281. The molecule has 0 radical (unpaired) electrons. The predicted octanol–water partition coefficient (Wildman–Crippen LogP) is 5.24. The van der Waals surface area contributed by atoms with Crippen LogP contribution in [0.3, 0.4) is 0 Å². The molecule has 9 nitrogen and oxygen atoms in total. The highest BCUT2D eigenvalue weighted by Gasteiger charge is 2.21. The maximum atomic E-state index is 13.3. The van der Waals surface area contributed by atoms with Crippen LogP contribution in [0, 0.1) is 6.92 Å². The molecule has 0 unspecified atom stereocenters. The van der Waals surface area contributed by atoms with Gasteiger partial charge in [0.05, 0.1) is 5.52 Å². The third kappa shape index (κ3) is 6.28. The zero-order chi connectivity index (χ0) is 29.1. The summed E-state index contributed by atoms with van der Waals surface area (Å²) in [6.07, 6.45) is -0.172. The third-order valence-corrected chi connectivity index (χ3v) is 7.35. The lowest BCUT2D eigenvalue weighted by Gasteiger charge is -2.18. The number of rotatable bonds is 8. The number of hydrogen-bond donors (Lipinski definition) is 2. The van der Waals surface area contributed by atoms with Crippen LogP contribution in [0.5, 0.6) is 17.4 Å². The van der Waals surface area contributed by atoms with Gasteiger partial charge in [0, 0.05) is 53.6 Å². The minimum Gasteiger partial charge on any atom is -0.486 e. The van der Waals surface area contributed by atoms with E-state index in [-0.39, 0.29) is 11.8 Å². The summed E-state index contributed by atoms with van der Waals surface area (Å²) in [6.45, 7) is 5.09. The first-order chi connectivity index (χ1) is 20.4. The summed E-state index contributed by atoms with van der Waals surface area (Å²) in [5.41, 5.74) is 3.58. The van der Waals surface area contributed by atoms with Gasteiger partial charge in [-0.05, 0) is 73.5 Å². The van der Waals surface area contributed by atoms with E-state index >= 15 is 0 Å². The number of ether oxygens (including phenoxy) is 3. The van der Waals surface area contributed by atoms with Crippen molar-refractivity contribution in [1.82, 2.24) is 9.88 Å². The maximum Gasteiger partial charge on any atom is 0.255 e. The van der Waals surface area contributed by atoms with Gasteiger partial charge in [-0.2, -0.15) is 0 Å². The van der Waals surface area contributed by atoms with Crippen LogP contribution in [0.15, 0.2) is 66.7 Å². The van der Waals surface area contributed by atoms with Crippen molar-refractivity contribution in [3.63, 3.8) is 0 Å². The van der Waals surface area contributed by atoms with Crippen LogP contribution in [-0.2, 0) is 0 Å². The van der Waals surface area contributed by atoms with Gasteiger partial charge >= 0.3 is 0 Å². The van der Waals surface area contributed by atoms with Crippen molar-refractivity contribution in [3.8, 4) is 17.4 Å². The van der Waals surface area contributed by atoms with Crippen LogP contribution in [0.1, 0.15) is 32.7 Å². The highest BCUT2D eigenvalue weighted by Crippen LogP contribution is 2.31. The summed E-state index contributed by atoms with van der Waals surface area (Å²) in [7, 11) is 0. The van der Waals surface area contributed by atoms with E-state index in [1.807, 2.05) is 24.0 Å². The van der Waals surface area contributed by atoms with Crippen molar-refractivity contribution in [2.45, 2.75) is 19.5 Å². The molecule has 0 spiro atoms. The van der Waals surface area contributed by atoms with Gasteiger partial charge in [-0.3, -0.25) is 14.5 Å². The van der Waals surface area contributed by atoms with Crippen LogP contribution in [0.4, 0.5) is 15.8 Å². The van der Waals surface area contributed by atoms with Gasteiger partial charge in [0.1, 0.15) is 26.0 Å². The van der Waals surface area contributed by atoms with E-state index in [4.69, 9.17) is 14.2 Å². The average molecular weight is 571 g/mol. The average Bonchev–Trinajstić information content (AvgIpc) is 3.42. The van der Waals surface area contributed by atoms with Crippen LogP contribution in [-0.4, -0.2) is 67.3 Å². The highest BCUT2D eigenvalue weighted by molar-refractivity contribution is 6.08. The van der Waals surface area contributed by atoms with Gasteiger partial charge in [0.15, 0.2) is 11.5 Å². The number of alkyl halides is 1. The summed E-state index contributed by atoms with van der Waals surface area (Å²) >= 11 is 0. The Labute approximate surface area is 242 Å². The first kappa shape index (κ1) is 27.5. The second-order valence-corrected chi connectivity index (χ2v) is 10.4. The molecular formula is C32H31FN4O5. The van der Waals surface area contributed by atoms with Crippen LogP contribution in [0.2, 0.25) is 0 Å². The zero-order valence-corrected chi connectivity index (χ0v) is 23.2. The summed E-state index contributed by atoms with van der Waals surface area (Å²) in [5.74, 6) is 1.05. The SMILES string of the molecule is Cc1ccc(NC(=O)c2ccc3c(c2)OCCO3)cc1NC(=O)c1ccc2nc(OCCN3CC[C@H](F)C3)ccc2c1. The van der Waals surface area contributed by atoms with Crippen molar-refractivity contribution in [3.05, 3.63) is 83.4 Å². The molecular weight excluding hydrogens is 539 g/mol. The lowest BCUT2D eigenvalue weighted by atomic mass is 10.1. The standard InChI is InChI=1S/C32H31FN4O5/c1-20-2-6-25(34-31(38)23-4-8-28-29(17-23)41-15-14-40-28)18-27(20)36-32(39)22-3-7-26-21(16-22)5-9-30(35-26)42-13-12-37-11-10-24(33)19-37/h2-9,16-18,24H,10-15,19H2,1H3,(H,34,38)(H,36,39)/t24-/m0/s1. The van der Waals surface area contributed by atoms with E-state index in [9.17, 15) is 14.0 Å². The van der Waals surface area contributed by atoms with Crippen molar-refractivity contribution >= 4 is 34.1 Å². The fourth-order valence-corrected chi connectivity index (χ4v) is 5.01. The molecule has 1 atom stereocenters. The number of likely N-dealkylation sites (tertiary alicyclic amines) is 1. The minimum absolute atomic E-state index is 0.285. The number of aromatic nitrogens is 1. The Kier molecular flexibility index (Phi) is 7.87. The number of amides is 2. The minimum atomic E-state index is -0.749. The molecule has 0 bridgehead atoms. The first-order valence-electron chi connectivity index (χ1n) is 13.9. The van der Waals surface area contributed by atoms with Gasteiger partial charge in [-0.25, -0.2) is 9.37 Å². The van der Waals surface area contributed by atoms with E-state index in [1.54, 1.807) is 54.6 Å². The first-order valence-corrected chi connectivity index (χ1v) is 13.9. The van der Waals surface area contributed by atoms with E-state index in [0.29, 0.717) is 84.7 Å². The number of fused-ring (bicyclic) bond motifs is 2. The lowest BCUT2D eigenvalue weighted by molar-refractivity contribution is 0.101.